The van der Waals surface area contributed by atoms with Crippen molar-refractivity contribution in [1.82, 2.24) is 19.4 Å². The Labute approximate surface area is 177 Å². The Kier molecular flexibility index (Phi) is 3.24. The van der Waals surface area contributed by atoms with Crippen molar-refractivity contribution < 1.29 is 0 Å². The summed E-state index contributed by atoms with van der Waals surface area (Å²) >= 11 is 0. The number of benzene rings is 3. The Morgan fingerprint density at radius 2 is 1.45 bits per heavy atom. The summed E-state index contributed by atoms with van der Waals surface area (Å²) in [7, 11) is 0. The predicted octanol–water partition coefficient (Wildman–Crippen LogP) is 6.40. The van der Waals surface area contributed by atoms with Gasteiger partial charge >= 0.3 is 0 Å². The molecule has 0 saturated carbocycles. The second-order valence-corrected chi connectivity index (χ2v) is 7.78. The molecule has 7 aromatic rings. The fraction of sp³-hybridized carbons (Fsp3) is 0. The summed E-state index contributed by atoms with van der Waals surface area (Å²) in [5, 5.41) is 3.32. The molecule has 0 saturated heterocycles. The monoisotopic (exact) mass is 396 g/mol. The van der Waals surface area contributed by atoms with Gasteiger partial charge in [-0.25, -0.2) is 9.97 Å². The third-order valence-corrected chi connectivity index (χ3v) is 6.00. The van der Waals surface area contributed by atoms with E-state index in [1.807, 2.05) is 30.5 Å². The Hall–Kier alpha value is -4.31. The minimum Gasteiger partial charge on any atom is -0.290 e. The van der Waals surface area contributed by atoms with Gasteiger partial charge in [-0.1, -0.05) is 42.5 Å². The van der Waals surface area contributed by atoms with Gasteiger partial charge in [-0.3, -0.25) is 9.38 Å². The minimum absolute atomic E-state index is 0.953. The summed E-state index contributed by atoms with van der Waals surface area (Å²) in [4.78, 5) is 14.6. The molecule has 0 bridgehead atoms. The van der Waals surface area contributed by atoms with Gasteiger partial charge in [0.1, 0.15) is 5.65 Å². The van der Waals surface area contributed by atoms with Crippen molar-refractivity contribution in [3.63, 3.8) is 0 Å². The fourth-order valence-corrected chi connectivity index (χ4v) is 4.56. The van der Waals surface area contributed by atoms with Crippen LogP contribution in [0.15, 0.2) is 97.2 Å². The lowest BCUT2D eigenvalue weighted by Gasteiger charge is -2.10. The molecule has 4 nitrogen and oxygen atoms in total. The molecule has 0 aliphatic heterocycles. The molecule has 4 aromatic heterocycles. The summed E-state index contributed by atoms with van der Waals surface area (Å²) in [6, 6.07) is 31.2. The maximum atomic E-state index is 4.96. The molecule has 0 radical (unpaired) electrons. The lowest BCUT2D eigenvalue weighted by molar-refractivity contribution is 1.29. The molecule has 0 spiro atoms. The summed E-state index contributed by atoms with van der Waals surface area (Å²) in [5.74, 6) is 0. The highest BCUT2D eigenvalue weighted by Gasteiger charge is 2.15. The molecule has 0 fully saturated rings. The van der Waals surface area contributed by atoms with Crippen molar-refractivity contribution in [2.24, 2.45) is 0 Å². The molecule has 4 heteroatoms. The third kappa shape index (κ3) is 2.33. The number of aromatic nitrogens is 4. The number of nitrogens with zero attached hydrogens (tertiary/aromatic N) is 4. The number of pyridine rings is 3. The van der Waals surface area contributed by atoms with Crippen LogP contribution >= 0.6 is 0 Å². The van der Waals surface area contributed by atoms with Crippen LogP contribution in [0.5, 0.6) is 0 Å². The van der Waals surface area contributed by atoms with Crippen molar-refractivity contribution >= 4 is 49.4 Å². The highest BCUT2D eigenvalue weighted by molar-refractivity contribution is 6.13. The van der Waals surface area contributed by atoms with Crippen LogP contribution in [0.25, 0.3) is 60.6 Å². The van der Waals surface area contributed by atoms with Gasteiger partial charge in [-0.05, 0) is 48.5 Å². The van der Waals surface area contributed by atoms with E-state index >= 15 is 0 Å². The van der Waals surface area contributed by atoms with Crippen LogP contribution in [0.3, 0.4) is 0 Å². The minimum atomic E-state index is 0.953. The summed E-state index contributed by atoms with van der Waals surface area (Å²) in [5.41, 5.74) is 8.09. The van der Waals surface area contributed by atoms with Crippen molar-refractivity contribution in [3.8, 4) is 11.3 Å². The van der Waals surface area contributed by atoms with Crippen LogP contribution < -0.4 is 0 Å². The van der Waals surface area contributed by atoms with Crippen LogP contribution in [-0.2, 0) is 0 Å². The molecule has 31 heavy (non-hydrogen) atoms. The highest BCUT2D eigenvalue weighted by Crippen LogP contribution is 2.33. The highest BCUT2D eigenvalue weighted by atomic mass is 15.0. The SMILES string of the molecule is c1ccc2nc(-c3ccc4c(c3)c3ncccc3n3c5ccccc5nc43)ccc2c1. The summed E-state index contributed by atoms with van der Waals surface area (Å²) in [6.07, 6.45) is 1.85. The van der Waals surface area contributed by atoms with Crippen LogP contribution in [-0.4, -0.2) is 19.4 Å². The normalized spacial score (nSPS) is 11.9. The van der Waals surface area contributed by atoms with Gasteiger partial charge in [-0.15, -0.1) is 0 Å². The second-order valence-electron chi connectivity index (χ2n) is 7.78. The maximum absolute atomic E-state index is 4.96. The van der Waals surface area contributed by atoms with Gasteiger partial charge in [-0.2, -0.15) is 0 Å². The van der Waals surface area contributed by atoms with Gasteiger partial charge in [0.05, 0.1) is 33.3 Å². The van der Waals surface area contributed by atoms with Gasteiger partial charge in [0.15, 0.2) is 0 Å². The maximum Gasteiger partial charge on any atom is 0.146 e. The van der Waals surface area contributed by atoms with Gasteiger partial charge in [0.2, 0.25) is 0 Å². The first-order valence-corrected chi connectivity index (χ1v) is 10.3. The largest absolute Gasteiger partial charge is 0.290 e. The van der Waals surface area contributed by atoms with Crippen LogP contribution in [0, 0.1) is 0 Å². The first-order chi connectivity index (χ1) is 15.4. The molecule has 0 atom stereocenters. The molecule has 0 amide bonds. The Balaban J connectivity index is 1.59. The number of hydrogen-bond donors (Lipinski definition) is 0. The van der Waals surface area contributed by atoms with Gasteiger partial charge in [0.25, 0.3) is 0 Å². The zero-order chi connectivity index (χ0) is 20.4. The first-order valence-electron chi connectivity index (χ1n) is 10.3. The number of para-hydroxylation sites is 3. The first kappa shape index (κ1) is 16.5. The average Bonchev–Trinajstić information content (AvgIpc) is 3.23. The molecular weight excluding hydrogens is 380 g/mol. The van der Waals surface area contributed by atoms with Crippen molar-refractivity contribution in [2.45, 2.75) is 0 Å². The van der Waals surface area contributed by atoms with Crippen LogP contribution in [0.4, 0.5) is 0 Å². The topological polar surface area (TPSA) is 43.1 Å². The molecular formula is C27H16N4. The third-order valence-electron chi connectivity index (χ3n) is 6.00. The van der Waals surface area contributed by atoms with E-state index in [0.29, 0.717) is 0 Å². The van der Waals surface area contributed by atoms with E-state index in [1.165, 1.54) is 0 Å². The molecule has 0 N–H and O–H groups in total. The number of imidazole rings is 1. The zero-order valence-electron chi connectivity index (χ0n) is 16.5. The van der Waals surface area contributed by atoms with Crippen LogP contribution in [0.1, 0.15) is 0 Å². The van der Waals surface area contributed by atoms with Crippen LogP contribution in [0.2, 0.25) is 0 Å². The Morgan fingerprint density at radius 3 is 2.42 bits per heavy atom. The quantitative estimate of drug-likeness (QED) is 0.301. The van der Waals surface area contributed by atoms with E-state index in [2.05, 4.69) is 71.1 Å². The fourth-order valence-electron chi connectivity index (χ4n) is 4.56. The lowest BCUT2D eigenvalue weighted by Crippen LogP contribution is -1.94. The number of fused-ring (bicyclic) bond motifs is 9. The van der Waals surface area contributed by atoms with Gasteiger partial charge in [0, 0.05) is 27.9 Å². The molecule has 7 rings (SSSR count). The van der Waals surface area contributed by atoms with E-state index in [9.17, 15) is 0 Å². The molecule has 0 aliphatic rings. The number of rotatable bonds is 1. The van der Waals surface area contributed by atoms with E-state index in [-0.39, 0.29) is 0 Å². The smallest absolute Gasteiger partial charge is 0.146 e. The zero-order valence-corrected chi connectivity index (χ0v) is 16.5. The number of hydrogen-bond acceptors (Lipinski definition) is 3. The molecule has 0 unspecified atom stereocenters. The van der Waals surface area contributed by atoms with E-state index in [4.69, 9.17) is 15.0 Å². The van der Waals surface area contributed by atoms with E-state index < -0.39 is 0 Å². The lowest BCUT2D eigenvalue weighted by atomic mass is 10.0. The van der Waals surface area contributed by atoms with Crippen molar-refractivity contribution in [1.29, 1.82) is 0 Å². The predicted molar refractivity (Wildman–Crippen MR) is 126 cm³/mol. The molecule has 0 aliphatic carbocycles. The molecule has 144 valence electrons. The second kappa shape index (κ2) is 6.09. The summed E-state index contributed by atoms with van der Waals surface area (Å²) in [6.45, 7) is 0. The summed E-state index contributed by atoms with van der Waals surface area (Å²) < 4.78 is 2.22. The Morgan fingerprint density at radius 1 is 0.613 bits per heavy atom. The Bertz CT molecular complexity index is 1800. The van der Waals surface area contributed by atoms with Crippen molar-refractivity contribution in [2.75, 3.05) is 0 Å². The van der Waals surface area contributed by atoms with E-state index in [0.717, 1.165) is 60.6 Å². The van der Waals surface area contributed by atoms with Gasteiger partial charge < -0.3 is 0 Å². The molecule has 3 aromatic carbocycles. The standard InChI is InChI=1S/C27H16N4/c1-2-7-21-17(6-1)12-14-22(29-21)18-11-13-19-20(16-18)26-25(10-5-15-28-26)31-24-9-4-3-8-23(24)30-27(19)31/h1-16H. The molecule has 4 heterocycles. The van der Waals surface area contributed by atoms with Crippen molar-refractivity contribution in [3.05, 3.63) is 97.2 Å². The van der Waals surface area contributed by atoms with E-state index in [1.54, 1.807) is 0 Å². The average molecular weight is 396 g/mol.